The van der Waals surface area contributed by atoms with Gasteiger partial charge in [0.25, 0.3) is 18.2 Å². The Morgan fingerprint density at radius 3 is 2.49 bits per heavy atom. The molecular formula is C29H25ClF5N3O3. The first-order valence-electron chi connectivity index (χ1n) is 13.0. The smallest absolute Gasteiger partial charge is 0.372 e. The van der Waals surface area contributed by atoms with Gasteiger partial charge < -0.3 is 15.3 Å². The number of fused-ring (bicyclic) bond motifs is 1. The molecule has 0 radical (unpaired) electrons. The molecule has 2 amide bonds. The number of nitrogens with zero attached hydrogens (tertiary/aromatic N) is 2. The summed E-state index contributed by atoms with van der Waals surface area (Å²) in [5.74, 6) is -1.47. The fourth-order valence-corrected chi connectivity index (χ4v) is 5.79. The molecular weight excluding hydrogens is 569 g/mol. The Bertz CT molecular complexity index is 1480. The van der Waals surface area contributed by atoms with Gasteiger partial charge in [-0.05, 0) is 61.4 Å². The number of nitrogens with one attached hydrogen (secondary N) is 1. The van der Waals surface area contributed by atoms with Gasteiger partial charge in [0, 0.05) is 24.3 Å². The monoisotopic (exact) mass is 593 g/mol. The van der Waals surface area contributed by atoms with Gasteiger partial charge in [0.05, 0.1) is 21.8 Å². The Labute approximate surface area is 237 Å². The van der Waals surface area contributed by atoms with Gasteiger partial charge in [-0.25, -0.2) is 8.78 Å². The highest BCUT2D eigenvalue weighted by atomic mass is 35.5. The first-order valence-corrected chi connectivity index (χ1v) is 13.3. The summed E-state index contributed by atoms with van der Waals surface area (Å²) in [5.41, 5.74) is -3.74. The number of aliphatic hydroxyl groups is 1. The van der Waals surface area contributed by atoms with E-state index in [1.165, 1.54) is 17.0 Å². The van der Waals surface area contributed by atoms with E-state index in [1.807, 2.05) is 0 Å². The van der Waals surface area contributed by atoms with Crippen LogP contribution in [0.4, 0.5) is 27.6 Å². The maximum Gasteiger partial charge on any atom is 0.416 e. The molecule has 1 atom stereocenters. The van der Waals surface area contributed by atoms with Crippen LogP contribution in [0.25, 0.3) is 0 Å². The Balaban J connectivity index is 1.29. The number of carbonyl (C=O) groups is 2. The Morgan fingerprint density at radius 1 is 1.10 bits per heavy atom. The minimum atomic E-state index is -4.65. The number of hydrogen-bond acceptors (Lipinski definition) is 4. The molecule has 0 bridgehead atoms. The largest absolute Gasteiger partial charge is 0.416 e. The number of alkyl halides is 5. The molecule has 1 fully saturated rings. The van der Waals surface area contributed by atoms with Gasteiger partial charge in [-0.3, -0.25) is 14.6 Å². The first-order chi connectivity index (χ1) is 19.4. The standard InChI is InChI=1S/C29H25ClF5N3O3/c30-19-13-21(24(25(31)32)36-14-19)26(39)37-20-10-8-16(9-11-20)15-38-23-7-2-1-6-22(23)28(41,27(38)40)17-4-3-5-18(12-17)29(33,34)35/h1-7,12-14,16,20,25,41H,8-11,15H2,(H,37,39). The number of rotatable bonds is 6. The van der Waals surface area contributed by atoms with Crippen molar-refractivity contribution in [3.05, 3.63) is 93.8 Å². The molecule has 1 unspecified atom stereocenters. The summed E-state index contributed by atoms with van der Waals surface area (Å²) in [5, 5.41) is 14.5. The summed E-state index contributed by atoms with van der Waals surface area (Å²) in [7, 11) is 0. The number of para-hydroxylation sites is 1. The molecule has 2 aliphatic rings. The van der Waals surface area contributed by atoms with Crippen molar-refractivity contribution in [3.63, 3.8) is 0 Å². The summed E-state index contributed by atoms with van der Waals surface area (Å²) < 4.78 is 66.8. The molecule has 1 aliphatic heterocycles. The highest BCUT2D eigenvalue weighted by Crippen LogP contribution is 2.46. The van der Waals surface area contributed by atoms with Gasteiger partial charge in [0.15, 0.2) is 5.60 Å². The van der Waals surface area contributed by atoms with Crippen LogP contribution in [-0.2, 0) is 16.6 Å². The molecule has 12 heteroatoms. The van der Waals surface area contributed by atoms with Crippen molar-refractivity contribution in [2.75, 3.05) is 11.4 Å². The van der Waals surface area contributed by atoms with Crippen LogP contribution in [0, 0.1) is 5.92 Å². The average molecular weight is 594 g/mol. The van der Waals surface area contributed by atoms with E-state index in [-0.39, 0.29) is 40.2 Å². The van der Waals surface area contributed by atoms with Gasteiger partial charge in [-0.15, -0.1) is 0 Å². The lowest BCUT2D eigenvalue weighted by molar-refractivity contribution is -0.138. The zero-order valence-electron chi connectivity index (χ0n) is 21.5. The fourth-order valence-electron chi connectivity index (χ4n) is 5.63. The Kier molecular flexibility index (Phi) is 7.78. The van der Waals surface area contributed by atoms with Crippen LogP contribution in [0.1, 0.15) is 64.9 Å². The second kappa shape index (κ2) is 11.0. The molecule has 2 heterocycles. The number of halogens is 6. The van der Waals surface area contributed by atoms with Gasteiger partial charge >= 0.3 is 6.18 Å². The SMILES string of the molecule is O=C(NC1CCC(CN2C(=O)C(O)(c3cccc(C(F)(F)F)c3)c3ccccc32)CC1)c1cc(Cl)cnc1C(F)F. The van der Waals surface area contributed by atoms with Crippen LogP contribution in [-0.4, -0.2) is 34.5 Å². The number of hydrogen-bond donors (Lipinski definition) is 2. The van der Waals surface area contributed by atoms with Crippen LogP contribution >= 0.6 is 11.6 Å². The number of benzene rings is 2. The fraction of sp³-hybridized carbons (Fsp3) is 0.345. The summed E-state index contributed by atoms with van der Waals surface area (Å²) in [6, 6.07) is 11.4. The molecule has 2 aromatic carbocycles. The van der Waals surface area contributed by atoms with E-state index in [2.05, 4.69) is 10.3 Å². The van der Waals surface area contributed by atoms with Gasteiger partial charge in [0.1, 0.15) is 5.69 Å². The molecule has 1 saturated carbocycles. The summed E-state index contributed by atoms with van der Waals surface area (Å²) in [6.45, 7) is 0.214. The molecule has 2 N–H and O–H groups in total. The van der Waals surface area contributed by atoms with Gasteiger partial charge in [-0.2, -0.15) is 13.2 Å². The highest BCUT2D eigenvalue weighted by Gasteiger charge is 2.52. The summed E-state index contributed by atoms with van der Waals surface area (Å²) in [6.07, 6.45) is -4.36. The molecule has 1 aromatic heterocycles. The van der Waals surface area contributed by atoms with Crippen molar-refractivity contribution in [2.45, 2.75) is 49.9 Å². The number of pyridine rings is 1. The lowest BCUT2D eigenvalue weighted by atomic mass is 9.85. The maximum absolute atomic E-state index is 13.7. The summed E-state index contributed by atoms with van der Waals surface area (Å²) >= 11 is 5.86. The van der Waals surface area contributed by atoms with Crippen molar-refractivity contribution in [1.82, 2.24) is 10.3 Å². The van der Waals surface area contributed by atoms with Crippen molar-refractivity contribution in [2.24, 2.45) is 5.92 Å². The molecule has 0 spiro atoms. The van der Waals surface area contributed by atoms with Gasteiger partial charge in [-0.1, -0.05) is 41.9 Å². The third-order valence-electron chi connectivity index (χ3n) is 7.71. The van der Waals surface area contributed by atoms with E-state index in [0.29, 0.717) is 31.4 Å². The second-order valence-electron chi connectivity index (χ2n) is 10.3. The number of anilines is 1. The highest BCUT2D eigenvalue weighted by molar-refractivity contribution is 6.30. The minimum absolute atomic E-state index is 0.0338. The van der Waals surface area contributed by atoms with Crippen LogP contribution < -0.4 is 10.2 Å². The van der Waals surface area contributed by atoms with Crippen LogP contribution in [0.2, 0.25) is 5.02 Å². The maximum atomic E-state index is 13.7. The number of amides is 2. The minimum Gasteiger partial charge on any atom is -0.372 e. The predicted molar refractivity (Wildman–Crippen MR) is 141 cm³/mol. The Hall–Kier alpha value is -3.57. The number of aromatic nitrogens is 1. The van der Waals surface area contributed by atoms with Crippen LogP contribution in [0.5, 0.6) is 0 Å². The molecule has 3 aromatic rings. The average Bonchev–Trinajstić information content (AvgIpc) is 3.16. The molecule has 41 heavy (non-hydrogen) atoms. The van der Waals surface area contributed by atoms with Crippen molar-refractivity contribution in [1.29, 1.82) is 0 Å². The van der Waals surface area contributed by atoms with Gasteiger partial charge in [0.2, 0.25) is 0 Å². The molecule has 216 valence electrons. The molecule has 6 nitrogen and oxygen atoms in total. The van der Waals surface area contributed by atoms with E-state index in [4.69, 9.17) is 11.6 Å². The van der Waals surface area contributed by atoms with E-state index in [0.717, 1.165) is 30.5 Å². The van der Waals surface area contributed by atoms with Crippen LogP contribution in [0.3, 0.4) is 0 Å². The van der Waals surface area contributed by atoms with E-state index in [9.17, 15) is 36.6 Å². The van der Waals surface area contributed by atoms with Crippen LogP contribution in [0.15, 0.2) is 60.8 Å². The lowest BCUT2D eigenvalue weighted by Gasteiger charge is -2.32. The molecule has 5 rings (SSSR count). The normalized spacial score (nSPS) is 22.6. The lowest BCUT2D eigenvalue weighted by Crippen LogP contribution is -2.44. The van der Waals surface area contributed by atoms with E-state index < -0.39 is 41.3 Å². The molecule has 0 saturated heterocycles. The topological polar surface area (TPSA) is 82.5 Å². The van der Waals surface area contributed by atoms with E-state index in [1.54, 1.807) is 18.2 Å². The third-order valence-corrected chi connectivity index (χ3v) is 7.91. The van der Waals surface area contributed by atoms with E-state index >= 15 is 0 Å². The number of carbonyl (C=O) groups excluding carboxylic acids is 2. The Morgan fingerprint density at radius 2 is 1.80 bits per heavy atom. The molecule has 1 aliphatic carbocycles. The quantitative estimate of drug-likeness (QED) is 0.331. The first kappa shape index (κ1) is 28.9. The van der Waals surface area contributed by atoms with Crippen molar-refractivity contribution in [3.8, 4) is 0 Å². The predicted octanol–water partition coefficient (Wildman–Crippen LogP) is 6.26. The summed E-state index contributed by atoms with van der Waals surface area (Å²) in [4.78, 5) is 31.4. The zero-order valence-corrected chi connectivity index (χ0v) is 22.2. The van der Waals surface area contributed by atoms with Crippen molar-refractivity contribution >= 4 is 29.1 Å². The zero-order chi connectivity index (χ0) is 29.5. The second-order valence-corrected chi connectivity index (χ2v) is 10.7. The van der Waals surface area contributed by atoms with Crippen molar-refractivity contribution < 1.29 is 36.6 Å². The third kappa shape index (κ3) is 5.52.